The van der Waals surface area contributed by atoms with Gasteiger partial charge in [0.2, 0.25) is 5.88 Å². The van der Waals surface area contributed by atoms with Gasteiger partial charge in [0.05, 0.1) is 0 Å². The minimum absolute atomic E-state index is 0.462. The molecule has 48 valence electrons. The molecule has 0 aliphatic carbocycles. The Hall–Kier alpha value is -0.640. The highest BCUT2D eigenvalue weighted by atomic mass is 79.9. The van der Waals surface area contributed by atoms with Gasteiger partial charge in [-0.2, -0.15) is 0 Å². The van der Waals surface area contributed by atoms with Crippen LogP contribution < -0.4 is 4.74 Å². The zero-order valence-corrected chi connectivity index (χ0v) is 6.21. The van der Waals surface area contributed by atoms with Gasteiger partial charge in [0.15, 0.2) is 0 Å². The molecule has 0 aliphatic heterocycles. The number of alkyl halides is 1. The molecule has 1 heterocycles. The van der Waals surface area contributed by atoms with Crippen LogP contribution in [-0.4, -0.2) is 15.5 Å². The van der Waals surface area contributed by atoms with E-state index in [0.717, 1.165) is 0 Å². The second-order valence-corrected chi connectivity index (χ2v) is 1.76. The van der Waals surface area contributed by atoms with Crippen LogP contribution in [0.25, 0.3) is 0 Å². The highest BCUT2D eigenvalue weighted by molar-refractivity contribution is 9.09. The molecule has 1 aromatic rings. The molecule has 0 unspecified atom stereocenters. The fourth-order valence-corrected chi connectivity index (χ4v) is 0.654. The van der Waals surface area contributed by atoms with Gasteiger partial charge in [-0.3, -0.25) is 0 Å². The van der Waals surface area contributed by atoms with Crippen molar-refractivity contribution in [3.05, 3.63) is 18.6 Å². The second-order valence-electron chi connectivity index (χ2n) is 1.30. The van der Waals surface area contributed by atoms with Crippen molar-refractivity contribution < 1.29 is 4.74 Å². The van der Waals surface area contributed by atoms with Crippen molar-refractivity contribution in [3.8, 4) is 5.88 Å². The highest BCUT2D eigenvalue weighted by Crippen LogP contribution is 2.01. The molecule has 0 bridgehead atoms. The largest absolute Gasteiger partial charge is 0.466 e. The van der Waals surface area contributed by atoms with Gasteiger partial charge in [0.25, 0.3) is 0 Å². The summed E-state index contributed by atoms with van der Waals surface area (Å²) in [5, 5.41) is 0. The van der Waals surface area contributed by atoms with E-state index in [4.69, 9.17) is 4.74 Å². The third-order valence-electron chi connectivity index (χ3n) is 0.757. The first-order valence-corrected chi connectivity index (χ1v) is 3.50. The molecule has 0 spiro atoms. The third-order valence-corrected chi connectivity index (χ3v) is 0.986. The van der Waals surface area contributed by atoms with Crippen molar-refractivity contribution >= 4 is 15.9 Å². The van der Waals surface area contributed by atoms with Crippen LogP contribution in [0.3, 0.4) is 0 Å². The Balaban J connectivity index is 2.61. The van der Waals surface area contributed by atoms with Crippen molar-refractivity contribution in [2.45, 2.75) is 0 Å². The maximum absolute atomic E-state index is 4.97. The summed E-state index contributed by atoms with van der Waals surface area (Å²) in [7, 11) is 0. The van der Waals surface area contributed by atoms with Crippen molar-refractivity contribution in [1.82, 2.24) is 9.97 Å². The topological polar surface area (TPSA) is 35.0 Å². The molecule has 4 heteroatoms. The van der Waals surface area contributed by atoms with Gasteiger partial charge in [-0.1, -0.05) is 0 Å². The van der Waals surface area contributed by atoms with E-state index in [9.17, 15) is 0 Å². The Morgan fingerprint density at radius 1 is 1.67 bits per heavy atom. The van der Waals surface area contributed by atoms with Gasteiger partial charge >= 0.3 is 0 Å². The summed E-state index contributed by atoms with van der Waals surface area (Å²) < 4.78 is 4.97. The lowest BCUT2D eigenvalue weighted by molar-refractivity contribution is 0.381. The second kappa shape index (κ2) is 3.40. The van der Waals surface area contributed by atoms with E-state index in [1.54, 1.807) is 12.3 Å². The van der Waals surface area contributed by atoms with Crippen LogP contribution in [0.2, 0.25) is 0 Å². The number of halogens is 1. The SMILES string of the molecule is BrCOc1ccncn1. The average Bonchev–Trinajstić information content (AvgIpc) is 1.91. The zero-order valence-electron chi connectivity index (χ0n) is 4.62. The molecule has 0 atom stereocenters. The van der Waals surface area contributed by atoms with Crippen molar-refractivity contribution in [2.75, 3.05) is 5.52 Å². The van der Waals surface area contributed by atoms with Gasteiger partial charge in [0.1, 0.15) is 11.8 Å². The zero-order chi connectivity index (χ0) is 6.53. The number of hydrogen-bond donors (Lipinski definition) is 0. The lowest BCUT2D eigenvalue weighted by Gasteiger charge is -1.96. The van der Waals surface area contributed by atoms with E-state index in [1.165, 1.54) is 6.33 Å². The first kappa shape index (κ1) is 6.48. The standard InChI is InChI=1S/C5H5BrN2O/c6-3-9-5-1-2-7-4-8-5/h1-2,4H,3H2. The number of ether oxygens (including phenoxy) is 1. The minimum Gasteiger partial charge on any atom is -0.466 e. The highest BCUT2D eigenvalue weighted by Gasteiger charge is 1.87. The van der Waals surface area contributed by atoms with Crippen molar-refractivity contribution in [3.63, 3.8) is 0 Å². The first-order valence-electron chi connectivity index (χ1n) is 2.38. The van der Waals surface area contributed by atoms with Crippen molar-refractivity contribution in [1.29, 1.82) is 0 Å². The molecule has 1 rings (SSSR count). The number of hydrogen-bond acceptors (Lipinski definition) is 3. The fraction of sp³-hybridized carbons (Fsp3) is 0.200. The quantitative estimate of drug-likeness (QED) is 0.655. The molecule has 0 fully saturated rings. The van der Waals surface area contributed by atoms with Crippen LogP contribution in [0.1, 0.15) is 0 Å². The van der Waals surface area contributed by atoms with Crippen LogP contribution in [-0.2, 0) is 0 Å². The van der Waals surface area contributed by atoms with Gasteiger partial charge < -0.3 is 4.74 Å². The summed E-state index contributed by atoms with van der Waals surface area (Å²) in [6, 6.07) is 1.70. The molecule has 0 radical (unpaired) electrons. The van der Waals surface area contributed by atoms with E-state index < -0.39 is 0 Å². The molecule has 0 saturated carbocycles. The molecule has 0 saturated heterocycles. The lowest BCUT2D eigenvalue weighted by atomic mass is 10.6. The smallest absolute Gasteiger partial charge is 0.217 e. The molecule has 1 aromatic heterocycles. The van der Waals surface area contributed by atoms with Gasteiger partial charge in [-0.05, 0) is 15.9 Å². The molecule has 9 heavy (non-hydrogen) atoms. The van der Waals surface area contributed by atoms with E-state index in [0.29, 0.717) is 11.4 Å². The Kier molecular flexibility index (Phi) is 2.45. The predicted molar refractivity (Wildman–Crippen MR) is 36.5 cm³/mol. The minimum atomic E-state index is 0.462. The van der Waals surface area contributed by atoms with Crippen LogP contribution in [0.15, 0.2) is 18.6 Å². The normalized spacial score (nSPS) is 9.00. The Labute approximate surface area is 61.2 Å². The van der Waals surface area contributed by atoms with Gasteiger partial charge in [-0.25, -0.2) is 9.97 Å². The summed E-state index contributed by atoms with van der Waals surface area (Å²) >= 11 is 3.10. The van der Waals surface area contributed by atoms with Gasteiger partial charge in [0, 0.05) is 12.3 Å². The summed E-state index contributed by atoms with van der Waals surface area (Å²) in [5.41, 5.74) is 0.462. The fourth-order valence-electron chi connectivity index (χ4n) is 0.420. The van der Waals surface area contributed by atoms with Crippen LogP contribution in [0.5, 0.6) is 5.88 Å². The monoisotopic (exact) mass is 188 g/mol. The van der Waals surface area contributed by atoms with E-state index >= 15 is 0 Å². The van der Waals surface area contributed by atoms with Crippen molar-refractivity contribution in [2.24, 2.45) is 0 Å². The van der Waals surface area contributed by atoms with Crippen LogP contribution in [0, 0.1) is 0 Å². The van der Waals surface area contributed by atoms with E-state index in [2.05, 4.69) is 25.9 Å². The number of nitrogens with zero attached hydrogens (tertiary/aromatic N) is 2. The molecule has 0 amide bonds. The molecule has 0 N–H and O–H groups in total. The lowest BCUT2D eigenvalue weighted by Crippen LogP contribution is -1.90. The molecule has 0 aromatic carbocycles. The summed E-state index contributed by atoms with van der Waals surface area (Å²) in [4.78, 5) is 7.53. The Morgan fingerprint density at radius 3 is 3.11 bits per heavy atom. The van der Waals surface area contributed by atoms with Gasteiger partial charge in [-0.15, -0.1) is 0 Å². The molecule has 0 aliphatic rings. The number of aromatic nitrogens is 2. The van der Waals surface area contributed by atoms with Crippen LogP contribution >= 0.6 is 15.9 Å². The van der Waals surface area contributed by atoms with Crippen LogP contribution in [0.4, 0.5) is 0 Å². The molecule has 3 nitrogen and oxygen atoms in total. The number of rotatable bonds is 2. The van der Waals surface area contributed by atoms with E-state index in [1.807, 2.05) is 0 Å². The Bertz CT molecular complexity index is 168. The maximum atomic E-state index is 4.97. The third kappa shape index (κ3) is 1.97. The molecular weight excluding hydrogens is 184 g/mol. The maximum Gasteiger partial charge on any atom is 0.217 e. The average molecular weight is 189 g/mol. The summed E-state index contributed by atoms with van der Waals surface area (Å²) in [5.74, 6) is 0.585. The molecular formula is C5H5BrN2O. The summed E-state index contributed by atoms with van der Waals surface area (Å²) in [6.45, 7) is 0. The Morgan fingerprint density at radius 2 is 2.56 bits per heavy atom. The summed E-state index contributed by atoms with van der Waals surface area (Å²) in [6.07, 6.45) is 3.07. The van der Waals surface area contributed by atoms with E-state index in [-0.39, 0.29) is 0 Å². The first-order chi connectivity index (χ1) is 4.43. The predicted octanol–water partition coefficient (Wildman–Crippen LogP) is 1.21.